The number of rotatable bonds is 3. The third-order valence-electron chi connectivity index (χ3n) is 2.61. The van der Waals surface area contributed by atoms with Crippen LogP contribution in [0.5, 0.6) is 0 Å². The van der Waals surface area contributed by atoms with Crippen molar-refractivity contribution >= 4 is 23.4 Å². The van der Waals surface area contributed by atoms with Crippen molar-refractivity contribution in [1.29, 1.82) is 0 Å². The molecule has 1 saturated heterocycles. The highest BCUT2D eigenvalue weighted by Crippen LogP contribution is 2.18. The summed E-state index contributed by atoms with van der Waals surface area (Å²) in [6, 6.07) is 3.08. The minimum Gasteiger partial charge on any atom is -0.478 e. The van der Waals surface area contributed by atoms with Crippen LogP contribution in [0.15, 0.2) is 12.1 Å². The first-order chi connectivity index (χ1) is 8.15. The smallest absolute Gasteiger partial charge is 0.335 e. The zero-order valence-electron chi connectivity index (χ0n) is 9.15. The van der Waals surface area contributed by atoms with E-state index in [0.717, 1.165) is 12.8 Å². The molecule has 0 saturated carbocycles. The number of carbonyl (C=O) groups is 1. The van der Waals surface area contributed by atoms with E-state index in [2.05, 4.69) is 10.3 Å². The number of pyridine rings is 1. The minimum absolute atomic E-state index is 0.138. The standard InChI is InChI=1S/C11H13ClN2O3/c12-9-5-7(11(15)16)6-10(14-9)13-8-1-3-17-4-2-8/h5-6,8H,1-4H2,(H,13,14)(H,15,16). The number of halogens is 1. The van der Waals surface area contributed by atoms with Gasteiger partial charge < -0.3 is 15.2 Å². The van der Waals surface area contributed by atoms with Crippen molar-refractivity contribution in [2.24, 2.45) is 0 Å². The molecule has 2 heterocycles. The maximum Gasteiger partial charge on any atom is 0.335 e. The van der Waals surface area contributed by atoms with E-state index in [-0.39, 0.29) is 16.8 Å². The van der Waals surface area contributed by atoms with Crippen molar-refractivity contribution in [3.63, 3.8) is 0 Å². The summed E-state index contributed by atoms with van der Waals surface area (Å²) in [5.41, 5.74) is 0.138. The molecule has 0 aliphatic carbocycles. The molecule has 2 rings (SSSR count). The summed E-state index contributed by atoms with van der Waals surface area (Å²) in [5, 5.41) is 12.3. The van der Waals surface area contributed by atoms with Crippen LogP contribution in [-0.4, -0.2) is 35.3 Å². The number of hydrogen-bond acceptors (Lipinski definition) is 4. The highest BCUT2D eigenvalue weighted by Gasteiger charge is 2.15. The van der Waals surface area contributed by atoms with Crippen LogP contribution in [-0.2, 0) is 4.74 Å². The lowest BCUT2D eigenvalue weighted by atomic mass is 10.1. The van der Waals surface area contributed by atoms with Gasteiger partial charge in [0.15, 0.2) is 0 Å². The third-order valence-corrected chi connectivity index (χ3v) is 2.81. The Bertz CT molecular complexity index is 419. The fraction of sp³-hybridized carbons (Fsp3) is 0.455. The number of hydrogen-bond donors (Lipinski definition) is 2. The summed E-state index contributed by atoms with van der Waals surface area (Å²) >= 11 is 5.77. The summed E-state index contributed by atoms with van der Waals surface area (Å²) in [5.74, 6) is -0.508. The monoisotopic (exact) mass is 256 g/mol. The summed E-state index contributed by atoms with van der Waals surface area (Å²) in [7, 11) is 0. The van der Waals surface area contributed by atoms with Gasteiger partial charge in [-0.25, -0.2) is 9.78 Å². The van der Waals surface area contributed by atoms with Crippen molar-refractivity contribution in [2.75, 3.05) is 18.5 Å². The Hall–Kier alpha value is -1.33. The van der Waals surface area contributed by atoms with Crippen LogP contribution in [0.2, 0.25) is 5.15 Å². The number of carboxylic acid groups (broad SMARTS) is 1. The minimum atomic E-state index is -1.01. The molecule has 2 N–H and O–H groups in total. The quantitative estimate of drug-likeness (QED) is 0.810. The van der Waals surface area contributed by atoms with Crippen molar-refractivity contribution < 1.29 is 14.6 Å². The molecule has 0 unspecified atom stereocenters. The van der Waals surface area contributed by atoms with Crippen LogP contribution < -0.4 is 5.32 Å². The van der Waals surface area contributed by atoms with E-state index in [1.54, 1.807) is 0 Å². The predicted molar refractivity (Wildman–Crippen MR) is 63.7 cm³/mol. The van der Waals surface area contributed by atoms with Gasteiger partial charge in [0, 0.05) is 19.3 Å². The highest BCUT2D eigenvalue weighted by atomic mass is 35.5. The summed E-state index contributed by atoms with van der Waals surface area (Å²) < 4.78 is 5.24. The zero-order chi connectivity index (χ0) is 12.3. The van der Waals surface area contributed by atoms with Crippen LogP contribution in [0.4, 0.5) is 5.82 Å². The molecule has 6 heteroatoms. The largest absolute Gasteiger partial charge is 0.478 e. The molecule has 0 aromatic carbocycles. The predicted octanol–water partition coefficient (Wildman–Crippen LogP) is 2.02. The van der Waals surface area contributed by atoms with Gasteiger partial charge in [0.1, 0.15) is 11.0 Å². The van der Waals surface area contributed by atoms with Gasteiger partial charge >= 0.3 is 5.97 Å². The second kappa shape index (κ2) is 5.33. The number of aromatic carboxylic acids is 1. The lowest BCUT2D eigenvalue weighted by Crippen LogP contribution is -2.28. The molecular formula is C11H13ClN2O3. The lowest BCUT2D eigenvalue weighted by Gasteiger charge is -2.23. The molecule has 0 amide bonds. The van der Waals surface area contributed by atoms with E-state index in [9.17, 15) is 4.79 Å². The number of carboxylic acids is 1. The molecular weight excluding hydrogens is 244 g/mol. The molecule has 1 aromatic heterocycles. The normalized spacial score (nSPS) is 16.8. The van der Waals surface area contributed by atoms with E-state index in [1.165, 1.54) is 12.1 Å². The fourth-order valence-corrected chi connectivity index (χ4v) is 1.95. The highest BCUT2D eigenvalue weighted by molar-refractivity contribution is 6.29. The Morgan fingerprint density at radius 2 is 2.18 bits per heavy atom. The second-order valence-corrected chi connectivity index (χ2v) is 4.29. The van der Waals surface area contributed by atoms with E-state index < -0.39 is 5.97 Å². The molecule has 5 nitrogen and oxygen atoms in total. The number of nitrogens with zero attached hydrogens (tertiary/aromatic N) is 1. The summed E-state index contributed by atoms with van der Waals surface area (Å²) in [4.78, 5) is 14.9. The SMILES string of the molecule is O=C(O)c1cc(Cl)nc(NC2CCOCC2)c1. The van der Waals surface area contributed by atoms with Crippen molar-refractivity contribution in [3.8, 4) is 0 Å². The number of ether oxygens (including phenoxy) is 1. The zero-order valence-corrected chi connectivity index (χ0v) is 9.91. The summed E-state index contributed by atoms with van der Waals surface area (Å²) in [6.07, 6.45) is 1.77. The first kappa shape index (κ1) is 12.1. The van der Waals surface area contributed by atoms with Crippen molar-refractivity contribution in [1.82, 2.24) is 4.98 Å². The Morgan fingerprint density at radius 1 is 1.47 bits per heavy atom. The molecule has 17 heavy (non-hydrogen) atoms. The Labute approximate surface area is 104 Å². The van der Waals surface area contributed by atoms with Crippen LogP contribution in [0.1, 0.15) is 23.2 Å². The molecule has 1 aromatic rings. The lowest BCUT2D eigenvalue weighted by molar-refractivity contribution is 0.0696. The Balaban J connectivity index is 2.11. The van der Waals surface area contributed by atoms with Crippen LogP contribution >= 0.6 is 11.6 Å². The van der Waals surface area contributed by atoms with Crippen LogP contribution in [0.3, 0.4) is 0 Å². The molecule has 92 valence electrons. The molecule has 0 atom stereocenters. The molecule has 1 aliphatic heterocycles. The first-order valence-electron chi connectivity index (χ1n) is 5.40. The van der Waals surface area contributed by atoms with E-state index in [1.807, 2.05) is 0 Å². The summed E-state index contributed by atoms with van der Waals surface area (Å²) in [6.45, 7) is 1.42. The van der Waals surface area contributed by atoms with Crippen molar-refractivity contribution in [2.45, 2.75) is 18.9 Å². The number of aromatic nitrogens is 1. The fourth-order valence-electron chi connectivity index (χ4n) is 1.75. The second-order valence-electron chi connectivity index (χ2n) is 3.90. The van der Waals surface area contributed by atoms with Gasteiger partial charge in [0.25, 0.3) is 0 Å². The molecule has 0 spiro atoms. The topological polar surface area (TPSA) is 71.5 Å². The maximum absolute atomic E-state index is 10.9. The van der Waals surface area contributed by atoms with Crippen LogP contribution in [0, 0.1) is 0 Å². The maximum atomic E-state index is 10.9. The van der Waals surface area contributed by atoms with Gasteiger partial charge in [-0.2, -0.15) is 0 Å². The van der Waals surface area contributed by atoms with Gasteiger partial charge in [-0.05, 0) is 25.0 Å². The first-order valence-corrected chi connectivity index (χ1v) is 5.78. The number of nitrogens with one attached hydrogen (secondary N) is 1. The Morgan fingerprint density at radius 3 is 2.82 bits per heavy atom. The average molecular weight is 257 g/mol. The van der Waals surface area contributed by atoms with E-state index in [0.29, 0.717) is 19.0 Å². The average Bonchev–Trinajstić information content (AvgIpc) is 2.29. The van der Waals surface area contributed by atoms with Gasteiger partial charge in [-0.1, -0.05) is 11.6 Å². The van der Waals surface area contributed by atoms with Crippen LogP contribution in [0.25, 0.3) is 0 Å². The molecule has 1 aliphatic rings. The van der Waals surface area contributed by atoms with Gasteiger partial charge in [0.2, 0.25) is 0 Å². The molecule has 0 bridgehead atoms. The van der Waals surface area contributed by atoms with E-state index in [4.69, 9.17) is 21.4 Å². The van der Waals surface area contributed by atoms with Crippen molar-refractivity contribution in [3.05, 3.63) is 22.8 Å². The Kier molecular flexibility index (Phi) is 3.81. The number of anilines is 1. The van der Waals surface area contributed by atoms with Gasteiger partial charge in [-0.3, -0.25) is 0 Å². The molecule has 1 fully saturated rings. The third kappa shape index (κ3) is 3.31. The van der Waals surface area contributed by atoms with Gasteiger partial charge in [0.05, 0.1) is 5.56 Å². The molecule has 0 radical (unpaired) electrons. The van der Waals surface area contributed by atoms with E-state index >= 15 is 0 Å². The van der Waals surface area contributed by atoms with Gasteiger partial charge in [-0.15, -0.1) is 0 Å².